The van der Waals surface area contributed by atoms with Gasteiger partial charge in [-0.3, -0.25) is 0 Å². The minimum absolute atomic E-state index is 0.911. The van der Waals surface area contributed by atoms with Crippen LogP contribution >= 0.6 is 0 Å². The van der Waals surface area contributed by atoms with E-state index in [2.05, 4.69) is 176 Å². The van der Waals surface area contributed by atoms with E-state index in [9.17, 15) is 0 Å². The van der Waals surface area contributed by atoms with E-state index in [1.165, 1.54) is 76.3 Å². The molecule has 2 heterocycles. The molecule has 0 amide bonds. The molecule has 0 aliphatic heterocycles. The van der Waals surface area contributed by atoms with E-state index in [0.717, 1.165) is 54.8 Å². The average Bonchev–Trinajstić information content (AvgIpc) is 3.84. The van der Waals surface area contributed by atoms with Crippen LogP contribution in [-0.2, 0) is 0 Å². The van der Waals surface area contributed by atoms with Crippen molar-refractivity contribution in [3.05, 3.63) is 182 Å². The fraction of sp³-hybridized carbons (Fsp3) is 0. The lowest BCUT2D eigenvalue weighted by Crippen LogP contribution is -1.90. The summed E-state index contributed by atoms with van der Waals surface area (Å²) in [5.41, 5.74) is 10.7. The van der Waals surface area contributed by atoms with Crippen molar-refractivity contribution in [2.75, 3.05) is 0 Å². The molecule has 0 N–H and O–H groups in total. The number of fused-ring (bicyclic) bond motifs is 9. The normalized spacial score (nSPS) is 12.3. The summed E-state index contributed by atoms with van der Waals surface area (Å²) >= 11 is 0. The number of para-hydroxylation sites is 1. The lowest BCUT2D eigenvalue weighted by atomic mass is 9.86. The highest BCUT2D eigenvalue weighted by molar-refractivity contribution is 6.29. The van der Waals surface area contributed by atoms with Crippen LogP contribution in [0, 0.1) is 0 Å². The Morgan fingerprint density at radius 2 is 0.821 bits per heavy atom. The van der Waals surface area contributed by atoms with Gasteiger partial charge in [0, 0.05) is 32.5 Å². The zero-order valence-electron chi connectivity index (χ0n) is 30.1. The van der Waals surface area contributed by atoms with Crippen molar-refractivity contribution >= 4 is 97.7 Å². The fourth-order valence-electron chi connectivity index (χ4n) is 9.71. The summed E-state index contributed by atoms with van der Waals surface area (Å²) in [5, 5.41) is 16.8. The predicted molar refractivity (Wildman–Crippen MR) is 236 cm³/mol. The molecule has 0 unspecified atom stereocenters. The van der Waals surface area contributed by atoms with E-state index in [0.29, 0.717) is 0 Å². The summed E-state index contributed by atoms with van der Waals surface area (Å²) in [5.74, 6) is 0. The summed E-state index contributed by atoms with van der Waals surface area (Å²) in [4.78, 5) is 0. The molecule has 2 heteroatoms. The average molecular weight is 711 g/mol. The van der Waals surface area contributed by atoms with Crippen molar-refractivity contribution in [1.82, 2.24) is 0 Å². The summed E-state index contributed by atoms with van der Waals surface area (Å²) in [6.45, 7) is 0. The first kappa shape index (κ1) is 30.0. The van der Waals surface area contributed by atoms with E-state index < -0.39 is 0 Å². The molecule has 0 radical (unpaired) electrons. The van der Waals surface area contributed by atoms with Gasteiger partial charge in [-0.25, -0.2) is 0 Å². The van der Waals surface area contributed by atoms with Gasteiger partial charge in [0.1, 0.15) is 22.3 Å². The van der Waals surface area contributed by atoms with Gasteiger partial charge in [0.25, 0.3) is 0 Å². The van der Waals surface area contributed by atoms with E-state index in [1.807, 2.05) is 6.07 Å². The number of hydrogen-bond donors (Lipinski definition) is 0. The van der Waals surface area contributed by atoms with Crippen molar-refractivity contribution < 1.29 is 8.83 Å². The molecule has 0 fully saturated rings. The van der Waals surface area contributed by atoms with Crippen LogP contribution in [0.1, 0.15) is 0 Å². The molecule has 0 aliphatic carbocycles. The summed E-state index contributed by atoms with van der Waals surface area (Å²) in [6.07, 6.45) is 0. The zero-order chi connectivity index (χ0) is 36.5. The first-order valence-electron chi connectivity index (χ1n) is 19.2. The van der Waals surface area contributed by atoms with Crippen LogP contribution in [0.3, 0.4) is 0 Å². The van der Waals surface area contributed by atoms with E-state index in [1.54, 1.807) is 0 Å². The van der Waals surface area contributed by atoms with Crippen molar-refractivity contribution in [3.8, 4) is 33.4 Å². The van der Waals surface area contributed by atoms with Gasteiger partial charge in [0.2, 0.25) is 0 Å². The summed E-state index contributed by atoms with van der Waals surface area (Å²) in [6, 6.07) is 66.1. The minimum atomic E-state index is 0.911. The first-order chi connectivity index (χ1) is 27.8. The lowest BCUT2D eigenvalue weighted by molar-refractivity contribution is 0.669. The maximum atomic E-state index is 6.97. The Hall–Kier alpha value is -7.42. The first-order valence-corrected chi connectivity index (χ1v) is 19.2. The molecule has 0 bridgehead atoms. The molecular weight excluding hydrogens is 681 g/mol. The molecule has 11 aromatic carbocycles. The summed E-state index contributed by atoms with van der Waals surface area (Å²) < 4.78 is 13.3. The monoisotopic (exact) mass is 710 g/mol. The van der Waals surface area contributed by atoms with Crippen LogP contribution in [0.5, 0.6) is 0 Å². The number of rotatable bonds is 3. The van der Waals surface area contributed by atoms with Gasteiger partial charge in [-0.15, -0.1) is 0 Å². The van der Waals surface area contributed by atoms with Crippen LogP contribution in [-0.4, -0.2) is 0 Å². The van der Waals surface area contributed by atoms with Crippen LogP contribution in [0.4, 0.5) is 0 Å². The van der Waals surface area contributed by atoms with Crippen molar-refractivity contribution in [1.29, 1.82) is 0 Å². The van der Waals surface area contributed by atoms with E-state index in [4.69, 9.17) is 8.83 Å². The van der Waals surface area contributed by atoms with Crippen LogP contribution in [0.25, 0.3) is 131 Å². The van der Waals surface area contributed by atoms with Crippen molar-refractivity contribution in [2.45, 2.75) is 0 Å². The molecule has 0 saturated carbocycles. The maximum Gasteiger partial charge on any atom is 0.143 e. The van der Waals surface area contributed by atoms with Crippen molar-refractivity contribution in [3.63, 3.8) is 0 Å². The van der Waals surface area contributed by atoms with Crippen LogP contribution in [0.2, 0.25) is 0 Å². The minimum Gasteiger partial charge on any atom is -0.456 e. The Morgan fingerprint density at radius 1 is 0.250 bits per heavy atom. The topological polar surface area (TPSA) is 26.3 Å². The van der Waals surface area contributed by atoms with Gasteiger partial charge >= 0.3 is 0 Å². The molecule has 13 rings (SSSR count). The quantitative estimate of drug-likeness (QED) is 0.171. The molecule has 0 aliphatic rings. The highest BCUT2D eigenvalue weighted by atomic mass is 16.3. The third-order valence-electron chi connectivity index (χ3n) is 12.2. The number of furan rings is 2. The van der Waals surface area contributed by atoms with Crippen LogP contribution < -0.4 is 0 Å². The second-order valence-corrected chi connectivity index (χ2v) is 15.1. The van der Waals surface area contributed by atoms with E-state index in [-0.39, 0.29) is 0 Å². The molecular formula is C54H30O2. The smallest absolute Gasteiger partial charge is 0.143 e. The molecule has 0 atom stereocenters. The molecule has 56 heavy (non-hydrogen) atoms. The molecule has 0 spiro atoms. The largest absolute Gasteiger partial charge is 0.456 e. The molecule has 2 aromatic heterocycles. The Morgan fingerprint density at radius 3 is 1.66 bits per heavy atom. The highest BCUT2D eigenvalue weighted by Crippen LogP contribution is 2.47. The summed E-state index contributed by atoms with van der Waals surface area (Å²) in [7, 11) is 0. The molecule has 258 valence electrons. The third-order valence-corrected chi connectivity index (χ3v) is 12.2. The van der Waals surface area contributed by atoms with Gasteiger partial charge in [-0.1, -0.05) is 152 Å². The number of hydrogen-bond acceptors (Lipinski definition) is 2. The molecule has 13 aromatic rings. The molecule has 2 nitrogen and oxygen atoms in total. The second kappa shape index (κ2) is 11.1. The fourth-order valence-corrected chi connectivity index (χ4v) is 9.71. The predicted octanol–water partition coefficient (Wildman–Crippen LogP) is 15.7. The lowest BCUT2D eigenvalue weighted by Gasteiger charge is -2.17. The maximum absolute atomic E-state index is 6.97. The van der Waals surface area contributed by atoms with Gasteiger partial charge in [0.05, 0.1) is 0 Å². The van der Waals surface area contributed by atoms with Crippen molar-refractivity contribution in [2.24, 2.45) is 0 Å². The van der Waals surface area contributed by atoms with Gasteiger partial charge in [0.15, 0.2) is 0 Å². The third kappa shape index (κ3) is 4.05. The van der Waals surface area contributed by atoms with Gasteiger partial charge in [-0.2, -0.15) is 0 Å². The zero-order valence-corrected chi connectivity index (χ0v) is 30.1. The Balaban J connectivity index is 1.11. The van der Waals surface area contributed by atoms with Crippen LogP contribution in [0.15, 0.2) is 191 Å². The van der Waals surface area contributed by atoms with Gasteiger partial charge in [-0.05, 0) is 107 Å². The van der Waals surface area contributed by atoms with E-state index >= 15 is 0 Å². The Kier molecular flexibility index (Phi) is 5.92. The SMILES string of the molecule is c1ccc2c(-c3cc(-c4ccc5ccc6c(-c7cccc8oc9ccccc9c78)ccc7ccc4c5c76)cc4c3oc3c5ccccc5ccc43)cccc2c1. The highest BCUT2D eigenvalue weighted by Gasteiger charge is 2.21. The second-order valence-electron chi connectivity index (χ2n) is 15.1. The number of benzene rings is 11. The Labute approximate surface area is 320 Å². The molecule has 0 saturated heterocycles. The standard InChI is InChI=1S/C54H30O2/c1-3-12-36-31(9-1)11-7-15-39(36)46-29-35(30-47-44-28-19-32-10-2-4-13-38(32)53(44)56-54(46)47)37-24-20-33-23-27-43-40(25-21-34-22-26-42(37)50(33)51(34)43)41-16-8-18-49-52(41)45-14-5-6-17-48(45)55-49/h1-30H. The van der Waals surface area contributed by atoms with Gasteiger partial charge < -0.3 is 8.83 Å². The Bertz CT molecular complexity index is 3760.